The minimum atomic E-state index is -0.611. The van der Waals surface area contributed by atoms with Crippen LogP contribution in [-0.4, -0.2) is 53.4 Å². The average Bonchev–Trinajstić information content (AvgIpc) is 3.07. The van der Waals surface area contributed by atoms with Crippen LogP contribution in [0.3, 0.4) is 0 Å². The molecule has 2 N–H and O–H groups in total. The fraction of sp³-hybridized carbons (Fsp3) is 0.474. The van der Waals surface area contributed by atoms with Crippen LogP contribution in [0.5, 0.6) is 5.75 Å². The molecule has 0 bridgehead atoms. The molecule has 1 amide bonds. The number of rotatable bonds is 6. The minimum Gasteiger partial charge on any atom is -0.496 e. The number of ether oxygens (including phenoxy) is 1. The second kappa shape index (κ2) is 7.78. The van der Waals surface area contributed by atoms with E-state index >= 15 is 0 Å². The Labute approximate surface area is 154 Å². The lowest BCUT2D eigenvalue weighted by Crippen LogP contribution is -2.57. The number of benzene rings is 1. The Kier molecular flexibility index (Phi) is 5.46. The summed E-state index contributed by atoms with van der Waals surface area (Å²) in [6.45, 7) is 2.48. The summed E-state index contributed by atoms with van der Waals surface area (Å²) in [5, 5.41) is 10.4. The molecule has 0 spiro atoms. The van der Waals surface area contributed by atoms with E-state index < -0.39 is 5.54 Å². The molecule has 1 saturated heterocycles. The summed E-state index contributed by atoms with van der Waals surface area (Å²) in [4.78, 5) is 15.0. The smallest absolute Gasteiger partial charge is 0.245 e. The number of nitrogens with one attached hydrogen (secondary N) is 2. The van der Waals surface area contributed by atoms with Crippen molar-refractivity contribution in [2.24, 2.45) is 7.05 Å². The van der Waals surface area contributed by atoms with E-state index in [9.17, 15) is 4.79 Å². The zero-order valence-corrected chi connectivity index (χ0v) is 15.7. The van der Waals surface area contributed by atoms with Crippen molar-refractivity contribution in [3.63, 3.8) is 0 Å². The highest BCUT2D eigenvalue weighted by atomic mass is 16.5. The maximum absolute atomic E-state index is 12.6. The average molecular weight is 357 g/mol. The van der Waals surface area contributed by atoms with Crippen molar-refractivity contribution in [1.29, 1.82) is 0 Å². The molecule has 1 aromatic heterocycles. The molecular weight excluding hydrogens is 330 g/mol. The van der Waals surface area contributed by atoms with E-state index in [1.165, 1.54) is 5.56 Å². The molecule has 0 atom stereocenters. The number of likely N-dealkylation sites (tertiary alicyclic amines) is 1. The van der Waals surface area contributed by atoms with Crippen molar-refractivity contribution in [3.05, 3.63) is 42.1 Å². The van der Waals surface area contributed by atoms with E-state index in [0.717, 1.165) is 44.0 Å². The Balaban J connectivity index is 1.70. The number of anilines is 1. The number of nitrogens with zero attached hydrogens (tertiary/aromatic N) is 3. The van der Waals surface area contributed by atoms with Crippen LogP contribution in [-0.2, 0) is 18.4 Å². The molecule has 26 heavy (non-hydrogen) atoms. The van der Waals surface area contributed by atoms with Gasteiger partial charge in [0.2, 0.25) is 5.91 Å². The van der Waals surface area contributed by atoms with Gasteiger partial charge >= 0.3 is 0 Å². The molecule has 3 rings (SSSR count). The molecule has 2 heterocycles. The van der Waals surface area contributed by atoms with Crippen molar-refractivity contribution < 1.29 is 9.53 Å². The zero-order chi connectivity index (χ0) is 18.6. The quantitative estimate of drug-likeness (QED) is 0.822. The number of carbonyl (C=O) groups excluding carboxylic acids is 1. The van der Waals surface area contributed by atoms with E-state index in [4.69, 9.17) is 4.74 Å². The molecule has 1 aliphatic rings. The molecule has 0 saturated carbocycles. The summed E-state index contributed by atoms with van der Waals surface area (Å²) < 4.78 is 7.21. The molecule has 1 aromatic carbocycles. The molecule has 0 unspecified atom stereocenters. The van der Waals surface area contributed by atoms with Gasteiger partial charge in [0, 0.05) is 45.4 Å². The number of aromatic nitrogens is 2. The van der Waals surface area contributed by atoms with E-state index in [-0.39, 0.29) is 5.91 Å². The lowest BCUT2D eigenvalue weighted by Gasteiger charge is -2.41. The predicted molar refractivity (Wildman–Crippen MR) is 101 cm³/mol. The van der Waals surface area contributed by atoms with Crippen molar-refractivity contribution in [2.45, 2.75) is 24.9 Å². The van der Waals surface area contributed by atoms with Crippen LogP contribution in [0, 0.1) is 0 Å². The van der Waals surface area contributed by atoms with E-state index in [1.54, 1.807) is 25.0 Å². The third-order valence-corrected chi connectivity index (χ3v) is 5.15. The van der Waals surface area contributed by atoms with E-state index in [1.807, 2.05) is 31.3 Å². The van der Waals surface area contributed by atoms with Crippen LogP contribution in [0.15, 0.2) is 36.5 Å². The SMILES string of the molecule is CNC(=O)C1(Nc2ccnn2C)CCN(Cc2ccccc2OC)CC1. The molecule has 7 heteroatoms. The first-order chi connectivity index (χ1) is 12.6. The Morgan fingerprint density at radius 1 is 1.27 bits per heavy atom. The molecule has 2 aromatic rings. The number of hydrogen-bond donors (Lipinski definition) is 2. The van der Waals surface area contributed by atoms with Gasteiger partial charge in [-0.05, 0) is 18.9 Å². The Hall–Kier alpha value is -2.54. The number of piperidine rings is 1. The van der Waals surface area contributed by atoms with Crippen LogP contribution in [0.4, 0.5) is 5.82 Å². The number of aryl methyl sites for hydroxylation is 1. The Morgan fingerprint density at radius 3 is 2.62 bits per heavy atom. The Bertz CT molecular complexity index is 750. The van der Waals surface area contributed by atoms with Gasteiger partial charge in [-0.25, -0.2) is 0 Å². The van der Waals surface area contributed by atoms with Crippen LogP contribution in [0.2, 0.25) is 0 Å². The summed E-state index contributed by atoms with van der Waals surface area (Å²) in [5.41, 5.74) is 0.557. The highest BCUT2D eigenvalue weighted by Crippen LogP contribution is 2.29. The fourth-order valence-corrected chi connectivity index (χ4v) is 3.56. The van der Waals surface area contributed by atoms with Gasteiger partial charge in [-0.2, -0.15) is 5.10 Å². The Morgan fingerprint density at radius 2 is 2.00 bits per heavy atom. The summed E-state index contributed by atoms with van der Waals surface area (Å²) >= 11 is 0. The van der Waals surface area contributed by atoms with Gasteiger partial charge in [0.15, 0.2) is 0 Å². The molecule has 0 radical (unpaired) electrons. The van der Waals surface area contributed by atoms with Crippen molar-refractivity contribution in [1.82, 2.24) is 20.0 Å². The molecule has 1 fully saturated rings. The third-order valence-electron chi connectivity index (χ3n) is 5.15. The maximum atomic E-state index is 12.6. The lowest BCUT2D eigenvalue weighted by molar-refractivity contribution is -0.126. The van der Waals surface area contributed by atoms with E-state index in [2.05, 4.69) is 26.7 Å². The first-order valence-corrected chi connectivity index (χ1v) is 8.90. The number of carbonyl (C=O) groups is 1. The minimum absolute atomic E-state index is 0.0237. The first-order valence-electron chi connectivity index (χ1n) is 8.90. The monoisotopic (exact) mass is 357 g/mol. The molecule has 140 valence electrons. The molecule has 7 nitrogen and oxygen atoms in total. The second-order valence-electron chi connectivity index (χ2n) is 6.71. The van der Waals surface area contributed by atoms with Crippen LogP contribution >= 0.6 is 0 Å². The van der Waals surface area contributed by atoms with Gasteiger partial charge in [-0.15, -0.1) is 0 Å². The first kappa shape index (κ1) is 18.3. The normalized spacial score (nSPS) is 16.9. The summed E-state index contributed by atoms with van der Waals surface area (Å²) in [6.07, 6.45) is 3.19. The van der Waals surface area contributed by atoms with Gasteiger partial charge < -0.3 is 15.4 Å². The number of amides is 1. The lowest BCUT2D eigenvalue weighted by atomic mass is 9.86. The number of methoxy groups -OCH3 is 1. The van der Waals surface area contributed by atoms with Gasteiger partial charge in [0.25, 0.3) is 0 Å². The summed E-state index contributed by atoms with van der Waals surface area (Å²) in [5.74, 6) is 1.78. The topological polar surface area (TPSA) is 71.4 Å². The zero-order valence-electron chi connectivity index (χ0n) is 15.7. The molecular formula is C19H27N5O2. The van der Waals surface area contributed by atoms with Crippen LogP contribution in [0.1, 0.15) is 18.4 Å². The third kappa shape index (κ3) is 3.67. The van der Waals surface area contributed by atoms with Crippen molar-refractivity contribution >= 4 is 11.7 Å². The summed E-state index contributed by atoms with van der Waals surface area (Å²) in [7, 11) is 5.26. The highest BCUT2D eigenvalue weighted by molar-refractivity contribution is 5.89. The van der Waals surface area contributed by atoms with Gasteiger partial charge in [-0.1, -0.05) is 18.2 Å². The maximum Gasteiger partial charge on any atom is 0.245 e. The van der Waals surface area contributed by atoms with Gasteiger partial charge in [0.05, 0.1) is 13.3 Å². The van der Waals surface area contributed by atoms with Gasteiger partial charge in [0.1, 0.15) is 17.1 Å². The van der Waals surface area contributed by atoms with Crippen molar-refractivity contribution in [3.8, 4) is 5.75 Å². The van der Waals surface area contributed by atoms with Crippen molar-refractivity contribution in [2.75, 3.05) is 32.6 Å². The van der Waals surface area contributed by atoms with Crippen LogP contribution in [0.25, 0.3) is 0 Å². The predicted octanol–water partition coefficient (Wildman–Crippen LogP) is 1.62. The standard InChI is InChI=1S/C19H27N5O2/c1-20-18(25)19(22-17-8-11-21-23(17)2)9-12-24(13-10-19)14-15-6-4-5-7-16(15)26-3/h4-8,11,22H,9-10,12-14H2,1-3H3,(H,20,25). The number of likely N-dealkylation sites (N-methyl/N-ethyl adjacent to an activating group) is 1. The second-order valence-corrected chi connectivity index (χ2v) is 6.71. The largest absolute Gasteiger partial charge is 0.496 e. The van der Waals surface area contributed by atoms with Gasteiger partial charge in [-0.3, -0.25) is 14.4 Å². The fourth-order valence-electron chi connectivity index (χ4n) is 3.56. The van der Waals surface area contributed by atoms with Crippen LogP contribution < -0.4 is 15.4 Å². The molecule has 1 aliphatic heterocycles. The summed E-state index contributed by atoms with van der Waals surface area (Å²) in [6, 6.07) is 9.98. The molecule has 0 aliphatic carbocycles. The highest BCUT2D eigenvalue weighted by Gasteiger charge is 2.41. The van der Waals surface area contributed by atoms with E-state index in [0.29, 0.717) is 0 Å². The number of hydrogen-bond acceptors (Lipinski definition) is 5. The number of para-hydroxylation sites is 1.